The molecule has 3 amide bonds. The Hall–Kier alpha value is -1.99. The second kappa shape index (κ2) is 7.36. The Bertz CT molecular complexity index is 822. The molecule has 4 heterocycles. The molecule has 29 heavy (non-hydrogen) atoms. The van der Waals surface area contributed by atoms with Crippen molar-refractivity contribution in [3.8, 4) is 0 Å². The first-order chi connectivity index (χ1) is 14.0. The zero-order valence-electron chi connectivity index (χ0n) is 16.6. The zero-order chi connectivity index (χ0) is 20.1. The molecule has 7 nitrogen and oxygen atoms in total. The van der Waals surface area contributed by atoms with Gasteiger partial charge in [0.15, 0.2) is 0 Å². The van der Waals surface area contributed by atoms with E-state index in [1.807, 2.05) is 9.80 Å². The number of fused-ring (bicyclic) bond motifs is 1. The van der Waals surface area contributed by atoms with Gasteiger partial charge >= 0.3 is 6.03 Å². The summed E-state index contributed by atoms with van der Waals surface area (Å²) in [6.07, 6.45) is 0.788. The molecule has 0 bridgehead atoms. The van der Waals surface area contributed by atoms with Crippen molar-refractivity contribution in [1.82, 2.24) is 15.1 Å². The summed E-state index contributed by atoms with van der Waals surface area (Å²) >= 11 is 6.53. The Labute approximate surface area is 175 Å². The predicted molar refractivity (Wildman–Crippen MR) is 110 cm³/mol. The molecule has 1 N–H and O–H groups in total. The van der Waals surface area contributed by atoms with E-state index in [1.165, 1.54) is 5.56 Å². The van der Waals surface area contributed by atoms with Crippen LogP contribution in [0.3, 0.4) is 0 Å². The normalized spacial score (nSPS) is 27.8. The Kier molecular flexibility index (Phi) is 4.82. The molecule has 4 aliphatic rings. The molecule has 156 valence electrons. The first-order valence-electron chi connectivity index (χ1n) is 10.5. The number of urea groups is 1. The number of morpholine rings is 1. The van der Waals surface area contributed by atoms with Crippen LogP contribution in [0, 0.1) is 5.92 Å². The van der Waals surface area contributed by atoms with E-state index < -0.39 is 0 Å². The third-order valence-corrected chi connectivity index (χ3v) is 6.90. The number of likely N-dealkylation sites (tertiary alicyclic amines) is 2. The lowest BCUT2D eigenvalue weighted by atomic mass is 9.91. The number of anilines is 1. The number of carbonyl (C=O) groups is 2. The molecular weight excluding hydrogens is 392 g/mol. The topological polar surface area (TPSA) is 65.1 Å². The number of carbonyl (C=O) groups excluding carboxylic acids is 2. The largest absolute Gasteiger partial charge is 0.370 e. The van der Waals surface area contributed by atoms with Crippen LogP contribution in [-0.2, 0) is 9.53 Å². The van der Waals surface area contributed by atoms with Gasteiger partial charge in [0.1, 0.15) is 6.61 Å². The number of benzene rings is 1. The van der Waals surface area contributed by atoms with Gasteiger partial charge in [-0.2, -0.15) is 0 Å². The minimum Gasteiger partial charge on any atom is -0.370 e. The number of piperidine rings is 1. The van der Waals surface area contributed by atoms with E-state index in [9.17, 15) is 9.59 Å². The summed E-state index contributed by atoms with van der Waals surface area (Å²) in [6, 6.07) is 6.28. The molecule has 0 saturated carbocycles. The highest BCUT2D eigenvalue weighted by Gasteiger charge is 2.40. The van der Waals surface area contributed by atoms with Gasteiger partial charge in [-0.15, -0.1) is 0 Å². The third-order valence-electron chi connectivity index (χ3n) is 6.59. The van der Waals surface area contributed by atoms with Gasteiger partial charge in [0.25, 0.3) is 0 Å². The molecule has 0 spiro atoms. The van der Waals surface area contributed by atoms with Crippen LogP contribution in [0.2, 0.25) is 5.02 Å². The fraction of sp³-hybridized carbons (Fsp3) is 0.619. The van der Waals surface area contributed by atoms with E-state index >= 15 is 0 Å². The second-order valence-electron chi connectivity index (χ2n) is 8.86. The molecule has 2 atom stereocenters. The highest BCUT2D eigenvalue weighted by atomic mass is 35.5. The van der Waals surface area contributed by atoms with E-state index in [0.29, 0.717) is 32.1 Å². The van der Waals surface area contributed by atoms with Crippen LogP contribution < -0.4 is 10.2 Å². The fourth-order valence-electron chi connectivity index (χ4n) is 4.85. The summed E-state index contributed by atoms with van der Waals surface area (Å²) in [5.74, 6) is 0.962. The molecule has 8 heteroatoms. The number of nitrogens with one attached hydrogen (secondary N) is 1. The van der Waals surface area contributed by atoms with Gasteiger partial charge in [-0.25, -0.2) is 4.79 Å². The van der Waals surface area contributed by atoms with Crippen molar-refractivity contribution >= 4 is 29.2 Å². The molecule has 0 radical (unpaired) electrons. The molecule has 4 aliphatic heterocycles. The third kappa shape index (κ3) is 3.55. The van der Waals surface area contributed by atoms with Gasteiger partial charge < -0.3 is 24.8 Å². The van der Waals surface area contributed by atoms with E-state index in [0.717, 1.165) is 36.1 Å². The van der Waals surface area contributed by atoms with Crippen molar-refractivity contribution in [1.29, 1.82) is 0 Å². The quantitative estimate of drug-likeness (QED) is 0.796. The van der Waals surface area contributed by atoms with Crippen molar-refractivity contribution in [3.63, 3.8) is 0 Å². The van der Waals surface area contributed by atoms with Gasteiger partial charge in [-0.05, 0) is 30.0 Å². The summed E-state index contributed by atoms with van der Waals surface area (Å²) in [5, 5.41) is 3.75. The van der Waals surface area contributed by atoms with E-state index in [2.05, 4.69) is 35.3 Å². The van der Waals surface area contributed by atoms with Crippen LogP contribution in [0.4, 0.5) is 10.5 Å². The second-order valence-corrected chi connectivity index (χ2v) is 9.27. The molecule has 0 aliphatic carbocycles. The number of hydrogen-bond donors (Lipinski definition) is 1. The Balaban J connectivity index is 1.16. The molecule has 1 aromatic rings. The molecule has 1 aromatic carbocycles. The first kappa shape index (κ1) is 19.0. The molecule has 4 saturated heterocycles. The number of nitrogens with zero attached hydrogens (tertiary/aromatic N) is 3. The SMILES string of the molecule is CC1CN(c2ccc(C3CN(C(=O)N4CC[C@@H]5OCC(=O)N[C@@H]5C4)C3)cc2Cl)C1. The number of hydrogen-bond acceptors (Lipinski definition) is 4. The fourth-order valence-corrected chi connectivity index (χ4v) is 5.16. The van der Waals surface area contributed by atoms with Gasteiger partial charge in [0.05, 0.1) is 22.9 Å². The summed E-state index contributed by atoms with van der Waals surface area (Å²) in [5.41, 5.74) is 2.31. The Morgan fingerprint density at radius 3 is 2.69 bits per heavy atom. The zero-order valence-corrected chi connectivity index (χ0v) is 17.4. The van der Waals surface area contributed by atoms with Gasteiger partial charge in [-0.1, -0.05) is 24.6 Å². The van der Waals surface area contributed by atoms with Crippen LogP contribution in [0.15, 0.2) is 18.2 Å². The molecule has 0 unspecified atom stereocenters. The standard InChI is InChI=1S/C21H27ClN4O3/c1-13-7-25(8-13)18-3-2-14(6-16(18)22)15-9-26(10-15)21(28)24-5-4-19-17(11-24)23-20(27)12-29-19/h2-3,6,13,15,17,19H,4-5,7-12H2,1H3,(H,23,27)/t17-,19+/m1/s1. The average molecular weight is 419 g/mol. The molecule has 5 rings (SSSR count). The van der Waals surface area contributed by atoms with Gasteiger partial charge in [-0.3, -0.25) is 4.79 Å². The summed E-state index contributed by atoms with van der Waals surface area (Å²) in [6.45, 7) is 7.11. The lowest BCUT2D eigenvalue weighted by Gasteiger charge is -2.46. The average Bonchev–Trinajstić information content (AvgIpc) is 2.64. The van der Waals surface area contributed by atoms with E-state index in [1.54, 1.807) is 0 Å². The number of ether oxygens (including phenoxy) is 1. The van der Waals surface area contributed by atoms with E-state index in [-0.39, 0.29) is 30.7 Å². The first-order valence-corrected chi connectivity index (χ1v) is 10.8. The minimum absolute atomic E-state index is 0.0240. The van der Waals surface area contributed by atoms with Crippen LogP contribution >= 0.6 is 11.6 Å². The van der Waals surface area contributed by atoms with Crippen LogP contribution in [-0.4, -0.2) is 79.8 Å². The Morgan fingerprint density at radius 1 is 1.17 bits per heavy atom. The van der Waals surface area contributed by atoms with Crippen molar-refractivity contribution in [2.75, 3.05) is 50.8 Å². The van der Waals surface area contributed by atoms with Crippen molar-refractivity contribution in [2.45, 2.75) is 31.4 Å². The number of halogens is 1. The van der Waals surface area contributed by atoms with Gasteiger partial charge in [0.2, 0.25) is 5.91 Å². The summed E-state index contributed by atoms with van der Waals surface area (Å²) in [4.78, 5) is 30.5. The smallest absolute Gasteiger partial charge is 0.320 e. The van der Waals surface area contributed by atoms with Crippen LogP contribution in [0.1, 0.15) is 24.8 Å². The molecule has 4 fully saturated rings. The summed E-state index contributed by atoms with van der Waals surface area (Å²) in [7, 11) is 0. The number of rotatable bonds is 2. The predicted octanol–water partition coefficient (Wildman–Crippen LogP) is 1.90. The minimum atomic E-state index is -0.0995. The van der Waals surface area contributed by atoms with Crippen molar-refractivity contribution in [2.24, 2.45) is 5.92 Å². The maximum Gasteiger partial charge on any atom is 0.320 e. The van der Waals surface area contributed by atoms with E-state index in [4.69, 9.17) is 16.3 Å². The highest BCUT2D eigenvalue weighted by Crippen LogP contribution is 2.36. The maximum atomic E-state index is 12.9. The van der Waals surface area contributed by atoms with Crippen molar-refractivity contribution < 1.29 is 14.3 Å². The Morgan fingerprint density at radius 2 is 1.97 bits per heavy atom. The lowest BCUT2D eigenvalue weighted by molar-refractivity contribution is -0.139. The maximum absolute atomic E-state index is 12.9. The van der Waals surface area contributed by atoms with Crippen LogP contribution in [0.25, 0.3) is 0 Å². The molecule has 0 aromatic heterocycles. The highest BCUT2D eigenvalue weighted by molar-refractivity contribution is 6.33. The monoisotopic (exact) mass is 418 g/mol. The molecular formula is C21H27ClN4O3. The van der Waals surface area contributed by atoms with Gasteiger partial charge in [0, 0.05) is 45.2 Å². The summed E-state index contributed by atoms with van der Waals surface area (Å²) < 4.78 is 5.57. The lowest BCUT2D eigenvalue weighted by Crippen LogP contribution is -2.63. The number of amides is 3. The van der Waals surface area contributed by atoms with Crippen LogP contribution in [0.5, 0.6) is 0 Å². The van der Waals surface area contributed by atoms with Crippen molar-refractivity contribution in [3.05, 3.63) is 28.8 Å².